The van der Waals surface area contributed by atoms with Crippen molar-refractivity contribution >= 4 is 46.4 Å². The van der Waals surface area contributed by atoms with Gasteiger partial charge in [0.1, 0.15) is 0 Å². The fraction of sp³-hybridized carbons (Fsp3) is 0.222. The highest BCUT2D eigenvalue weighted by atomic mass is 35.5. The molecule has 1 N–H and O–H groups in total. The van der Waals surface area contributed by atoms with E-state index in [4.69, 9.17) is 23.2 Å². The Morgan fingerprint density at radius 2 is 1.67 bits per heavy atom. The molecule has 0 aliphatic heterocycles. The number of aryl methyl sites for hydroxylation is 1. The maximum atomic E-state index is 12.2. The molecule has 2 amide bonds. The molecule has 0 bridgehead atoms. The number of rotatable bonds is 5. The molecule has 0 aromatic heterocycles. The average molecular weight is 365 g/mol. The number of hydrogen-bond donors (Lipinski definition) is 1. The maximum absolute atomic E-state index is 12.2. The van der Waals surface area contributed by atoms with Gasteiger partial charge in [0.05, 0.1) is 15.7 Å². The Hall–Kier alpha value is -2.04. The van der Waals surface area contributed by atoms with Gasteiger partial charge in [-0.05, 0) is 30.7 Å². The highest BCUT2D eigenvalue weighted by molar-refractivity contribution is 6.39. The summed E-state index contributed by atoms with van der Waals surface area (Å²) in [5, 5.41) is 3.44. The lowest BCUT2D eigenvalue weighted by Gasteiger charge is -2.23. The Bertz CT molecular complexity index is 742. The van der Waals surface area contributed by atoms with Gasteiger partial charge in [-0.15, -0.1) is 0 Å². The summed E-state index contributed by atoms with van der Waals surface area (Å²) in [6, 6.07) is 12.6. The topological polar surface area (TPSA) is 49.4 Å². The van der Waals surface area contributed by atoms with Crippen molar-refractivity contribution in [1.82, 2.24) is 0 Å². The summed E-state index contributed by atoms with van der Waals surface area (Å²) in [7, 11) is 0. The molecule has 2 aromatic carbocycles. The van der Waals surface area contributed by atoms with E-state index in [2.05, 4.69) is 5.32 Å². The number of carbonyl (C=O) groups excluding carboxylic acids is 2. The molecule has 0 unspecified atom stereocenters. The number of halogens is 2. The van der Waals surface area contributed by atoms with Crippen LogP contribution in [0, 0.1) is 6.92 Å². The van der Waals surface area contributed by atoms with Crippen molar-refractivity contribution in [2.45, 2.75) is 20.3 Å². The van der Waals surface area contributed by atoms with Crippen LogP contribution in [0.2, 0.25) is 10.0 Å². The first kappa shape index (κ1) is 18.3. The highest BCUT2D eigenvalue weighted by Crippen LogP contribution is 2.30. The SMILES string of the molecule is CC(=O)N(CCC(=O)Nc1c(Cl)cccc1Cl)c1ccccc1C. The number of nitrogens with zero attached hydrogens (tertiary/aromatic N) is 1. The summed E-state index contributed by atoms with van der Waals surface area (Å²) in [6.45, 7) is 3.68. The Morgan fingerprint density at radius 1 is 1.04 bits per heavy atom. The molecule has 6 heteroatoms. The van der Waals surface area contributed by atoms with Crippen LogP contribution in [-0.2, 0) is 9.59 Å². The zero-order valence-electron chi connectivity index (χ0n) is 13.5. The van der Waals surface area contributed by atoms with Crippen LogP contribution in [0.4, 0.5) is 11.4 Å². The van der Waals surface area contributed by atoms with Crippen LogP contribution in [0.5, 0.6) is 0 Å². The number of benzene rings is 2. The van der Waals surface area contributed by atoms with Gasteiger partial charge < -0.3 is 10.2 Å². The average Bonchev–Trinajstić information content (AvgIpc) is 2.52. The second kappa shape index (κ2) is 8.18. The third kappa shape index (κ3) is 4.49. The Labute approximate surface area is 151 Å². The van der Waals surface area contributed by atoms with Crippen molar-refractivity contribution in [3.05, 3.63) is 58.1 Å². The summed E-state index contributed by atoms with van der Waals surface area (Å²) < 4.78 is 0. The van der Waals surface area contributed by atoms with E-state index in [0.29, 0.717) is 15.7 Å². The van der Waals surface area contributed by atoms with E-state index >= 15 is 0 Å². The van der Waals surface area contributed by atoms with Gasteiger partial charge in [-0.1, -0.05) is 47.5 Å². The van der Waals surface area contributed by atoms with Crippen LogP contribution in [0.1, 0.15) is 18.9 Å². The molecule has 0 spiro atoms. The predicted molar refractivity (Wildman–Crippen MR) is 98.9 cm³/mol. The van der Waals surface area contributed by atoms with Crippen LogP contribution in [-0.4, -0.2) is 18.4 Å². The molecule has 24 heavy (non-hydrogen) atoms. The zero-order valence-corrected chi connectivity index (χ0v) is 15.0. The monoisotopic (exact) mass is 364 g/mol. The minimum atomic E-state index is -0.259. The fourth-order valence-corrected chi connectivity index (χ4v) is 2.84. The second-order valence-electron chi connectivity index (χ2n) is 5.35. The van der Waals surface area contributed by atoms with E-state index in [-0.39, 0.29) is 24.8 Å². The van der Waals surface area contributed by atoms with Crippen LogP contribution in [0.15, 0.2) is 42.5 Å². The van der Waals surface area contributed by atoms with Gasteiger partial charge in [-0.25, -0.2) is 0 Å². The summed E-state index contributed by atoms with van der Waals surface area (Å²) in [5.74, 6) is -0.377. The van der Waals surface area contributed by atoms with Crippen molar-refractivity contribution in [3.63, 3.8) is 0 Å². The van der Waals surface area contributed by atoms with Gasteiger partial charge in [0.15, 0.2) is 0 Å². The predicted octanol–water partition coefficient (Wildman–Crippen LogP) is 4.68. The number of amides is 2. The van der Waals surface area contributed by atoms with Crippen molar-refractivity contribution in [2.75, 3.05) is 16.8 Å². The third-order valence-corrected chi connectivity index (χ3v) is 4.21. The standard InChI is InChI=1S/C18H18Cl2N2O2/c1-12-6-3-4-9-16(12)22(13(2)23)11-10-17(24)21-18-14(19)7-5-8-15(18)20/h3-9H,10-11H2,1-2H3,(H,21,24). The van der Waals surface area contributed by atoms with Gasteiger partial charge in [0, 0.05) is 25.6 Å². The molecule has 0 atom stereocenters. The molecule has 0 saturated carbocycles. The third-order valence-electron chi connectivity index (χ3n) is 3.58. The molecule has 126 valence electrons. The molecule has 0 heterocycles. The first-order valence-electron chi connectivity index (χ1n) is 7.47. The van der Waals surface area contributed by atoms with E-state index in [1.807, 2.05) is 31.2 Å². The summed E-state index contributed by atoms with van der Waals surface area (Å²) >= 11 is 12.1. The van der Waals surface area contributed by atoms with Crippen LogP contribution in [0.25, 0.3) is 0 Å². The number of carbonyl (C=O) groups is 2. The molecular formula is C18H18Cl2N2O2. The van der Waals surface area contributed by atoms with Gasteiger partial charge in [-0.2, -0.15) is 0 Å². The van der Waals surface area contributed by atoms with E-state index in [1.165, 1.54) is 6.92 Å². The van der Waals surface area contributed by atoms with E-state index in [9.17, 15) is 9.59 Å². The lowest BCUT2D eigenvalue weighted by atomic mass is 10.1. The summed E-state index contributed by atoms with van der Waals surface area (Å²) in [6.07, 6.45) is 0.134. The molecule has 2 aromatic rings. The number of para-hydroxylation sites is 2. The van der Waals surface area contributed by atoms with Gasteiger partial charge in [0.25, 0.3) is 0 Å². The molecule has 0 aliphatic carbocycles. The minimum absolute atomic E-state index is 0.118. The molecule has 0 aliphatic rings. The molecule has 0 radical (unpaired) electrons. The number of nitrogens with one attached hydrogen (secondary N) is 1. The largest absolute Gasteiger partial charge is 0.323 e. The lowest BCUT2D eigenvalue weighted by Crippen LogP contribution is -2.32. The van der Waals surface area contributed by atoms with E-state index in [1.54, 1.807) is 23.1 Å². The molecule has 0 fully saturated rings. The van der Waals surface area contributed by atoms with Crippen molar-refractivity contribution in [1.29, 1.82) is 0 Å². The summed E-state index contributed by atoms with van der Waals surface area (Å²) in [5.41, 5.74) is 2.16. The number of hydrogen-bond acceptors (Lipinski definition) is 2. The van der Waals surface area contributed by atoms with Crippen molar-refractivity contribution < 1.29 is 9.59 Å². The smallest absolute Gasteiger partial charge is 0.226 e. The van der Waals surface area contributed by atoms with Crippen molar-refractivity contribution in [3.8, 4) is 0 Å². The van der Waals surface area contributed by atoms with E-state index < -0.39 is 0 Å². The van der Waals surface area contributed by atoms with Crippen LogP contribution >= 0.6 is 23.2 Å². The van der Waals surface area contributed by atoms with Crippen molar-refractivity contribution in [2.24, 2.45) is 0 Å². The van der Waals surface area contributed by atoms with Gasteiger partial charge in [-0.3, -0.25) is 9.59 Å². The number of anilines is 2. The fourth-order valence-electron chi connectivity index (χ4n) is 2.35. The van der Waals surface area contributed by atoms with Gasteiger partial charge in [0.2, 0.25) is 11.8 Å². The summed E-state index contributed by atoms with van der Waals surface area (Å²) in [4.78, 5) is 25.7. The normalized spacial score (nSPS) is 10.3. The maximum Gasteiger partial charge on any atom is 0.226 e. The highest BCUT2D eigenvalue weighted by Gasteiger charge is 2.16. The van der Waals surface area contributed by atoms with Gasteiger partial charge >= 0.3 is 0 Å². The molecule has 2 rings (SSSR count). The second-order valence-corrected chi connectivity index (χ2v) is 6.17. The minimum Gasteiger partial charge on any atom is -0.323 e. The first-order valence-corrected chi connectivity index (χ1v) is 8.23. The van der Waals surface area contributed by atoms with E-state index in [0.717, 1.165) is 11.3 Å². The first-order chi connectivity index (χ1) is 11.4. The quantitative estimate of drug-likeness (QED) is 0.836. The van der Waals surface area contributed by atoms with Crippen LogP contribution < -0.4 is 10.2 Å². The zero-order chi connectivity index (χ0) is 17.7. The molecule has 0 saturated heterocycles. The Kier molecular flexibility index (Phi) is 6.23. The van der Waals surface area contributed by atoms with Crippen LogP contribution in [0.3, 0.4) is 0 Å². The Morgan fingerprint density at radius 3 is 2.25 bits per heavy atom. The molecular weight excluding hydrogens is 347 g/mol. The lowest BCUT2D eigenvalue weighted by molar-refractivity contribution is -0.117. The Balaban J connectivity index is 2.06. The molecule has 4 nitrogen and oxygen atoms in total.